The van der Waals surface area contributed by atoms with Gasteiger partial charge in [-0.05, 0) is 49.2 Å². The second-order valence-electron chi connectivity index (χ2n) is 8.00. The number of benzene rings is 1. The van der Waals surface area contributed by atoms with E-state index in [4.69, 9.17) is 0 Å². The van der Waals surface area contributed by atoms with E-state index in [9.17, 15) is 13.2 Å². The minimum Gasteiger partial charge on any atom is -0.352 e. The molecule has 0 saturated carbocycles. The van der Waals surface area contributed by atoms with Crippen LogP contribution in [0.4, 0.5) is 5.82 Å². The molecule has 0 N–H and O–H groups in total. The van der Waals surface area contributed by atoms with Gasteiger partial charge in [-0.2, -0.15) is 9.40 Å². The Hall–Kier alpha value is -3.38. The van der Waals surface area contributed by atoms with Gasteiger partial charge in [0.1, 0.15) is 12.7 Å². The highest BCUT2D eigenvalue weighted by molar-refractivity contribution is 7.89. The standard InChI is InChI=1S/C21H24N8O3S/c30-21(17-3-5-18(6-4-17)33(31,32)28-9-1-2-10-28)27-13-11-26(12-14-27)19-7-8-20(25-24-19)29-16-22-15-23-29/h3-8,15-16H,1-2,9-14H2. The van der Waals surface area contributed by atoms with Crippen LogP contribution in [0.2, 0.25) is 0 Å². The Kier molecular flexibility index (Phi) is 5.77. The van der Waals surface area contributed by atoms with Crippen molar-refractivity contribution in [3.05, 3.63) is 54.6 Å². The predicted octanol–water partition coefficient (Wildman–Crippen LogP) is 0.804. The van der Waals surface area contributed by atoms with Gasteiger partial charge in [0.15, 0.2) is 11.6 Å². The molecule has 0 aliphatic carbocycles. The highest BCUT2D eigenvalue weighted by Crippen LogP contribution is 2.22. The molecule has 172 valence electrons. The van der Waals surface area contributed by atoms with Crippen LogP contribution in [0, 0.1) is 0 Å². The Morgan fingerprint density at radius 3 is 2.09 bits per heavy atom. The Bertz CT molecular complexity index is 1200. The number of piperazine rings is 1. The molecule has 33 heavy (non-hydrogen) atoms. The predicted molar refractivity (Wildman–Crippen MR) is 120 cm³/mol. The number of rotatable bonds is 5. The summed E-state index contributed by atoms with van der Waals surface area (Å²) in [6, 6.07) is 9.97. The van der Waals surface area contributed by atoms with Crippen LogP contribution in [0.5, 0.6) is 0 Å². The summed E-state index contributed by atoms with van der Waals surface area (Å²) in [7, 11) is -3.48. The molecule has 2 aliphatic heterocycles. The van der Waals surface area contributed by atoms with Gasteiger partial charge in [0.2, 0.25) is 10.0 Å². The average molecular weight is 469 g/mol. The third-order valence-corrected chi connectivity index (χ3v) is 7.90. The molecule has 2 fully saturated rings. The van der Waals surface area contributed by atoms with E-state index in [1.54, 1.807) is 23.4 Å². The van der Waals surface area contributed by atoms with E-state index in [1.165, 1.54) is 27.4 Å². The zero-order valence-electron chi connectivity index (χ0n) is 18.0. The van der Waals surface area contributed by atoms with Crippen LogP contribution in [-0.2, 0) is 10.0 Å². The Morgan fingerprint density at radius 2 is 1.48 bits per heavy atom. The maximum absolute atomic E-state index is 12.9. The average Bonchev–Trinajstić information content (AvgIpc) is 3.59. The molecule has 3 aromatic rings. The van der Waals surface area contributed by atoms with Gasteiger partial charge in [-0.1, -0.05) is 0 Å². The van der Waals surface area contributed by atoms with Crippen molar-refractivity contribution in [2.75, 3.05) is 44.2 Å². The van der Waals surface area contributed by atoms with E-state index in [0.29, 0.717) is 50.6 Å². The highest BCUT2D eigenvalue weighted by Gasteiger charge is 2.28. The Labute approximate surface area is 191 Å². The maximum atomic E-state index is 12.9. The summed E-state index contributed by atoms with van der Waals surface area (Å²) in [5, 5.41) is 12.5. The number of nitrogens with zero attached hydrogens (tertiary/aromatic N) is 8. The Morgan fingerprint density at radius 1 is 0.818 bits per heavy atom. The zero-order chi connectivity index (χ0) is 22.8. The van der Waals surface area contributed by atoms with Crippen LogP contribution in [0.3, 0.4) is 0 Å². The first-order valence-electron chi connectivity index (χ1n) is 10.9. The van der Waals surface area contributed by atoms with Crippen molar-refractivity contribution in [2.24, 2.45) is 0 Å². The minimum atomic E-state index is -3.48. The summed E-state index contributed by atoms with van der Waals surface area (Å²) in [4.78, 5) is 20.9. The number of hydrogen-bond donors (Lipinski definition) is 0. The van der Waals surface area contributed by atoms with Crippen molar-refractivity contribution in [3.63, 3.8) is 0 Å². The molecule has 0 unspecified atom stereocenters. The molecule has 5 rings (SSSR count). The fourth-order valence-electron chi connectivity index (χ4n) is 4.10. The summed E-state index contributed by atoms with van der Waals surface area (Å²) in [5.74, 6) is 1.22. The third kappa shape index (κ3) is 4.31. The molecule has 4 heterocycles. The van der Waals surface area contributed by atoms with Crippen LogP contribution >= 0.6 is 0 Å². The van der Waals surface area contributed by atoms with Gasteiger partial charge in [0.05, 0.1) is 4.90 Å². The van der Waals surface area contributed by atoms with Crippen LogP contribution in [-0.4, -0.2) is 87.8 Å². The molecule has 1 aromatic carbocycles. The van der Waals surface area contributed by atoms with Crippen molar-refractivity contribution in [1.82, 2.24) is 34.2 Å². The van der Waals surface area contributed by atoms with E-state index in [-0.39, 0.29) is 10.8 Å². The normalized spacial score (nSPS) is 17.5. The lowest BCUT2D eigenvalue weighted by molar-refractivity contribution is 0.0746. The molecule has 2 aliphatic rings. The number of carbonyl (C=O) groups is 1. The molecular formula is C21H24N8O3S. The van der Waals surface area contributed by atoms with Crippen molar-refractivity contribution in [1.29, 1.82) is 0 Å². The van der Waals surface area contributed by atoms with Gasteiger partial charge in [0.25, 0.3) is 5.91 Å². The molecule has 1 amide bonds. The van der Waals surface area contributed by atoms with Gasteiger partial charge < -0.3 is 9.80 Å². The number of carbonyl (C=O) groups excluding carboxylic acids is 1. The second-order valence-corrected chi connectivity index (χ2v) is 9.94. The SMILES string of the molecule is O=C(c1ccc(S(=O)(=O)N2CCCC2)cc1)N1CCN(c2ccc(-n3cncn3)nn2)CC1. The van der Waals surface area contributed by atoms with E-state index >= 15 is 0 Å². The quantitative estimate of drug-likeness (QED) is 0.540. The van der Waals surface area contributed by atoms with Crippen molar-refractivity contribution in [3.8, 4) is 5.82 Å². The molecule has 0 bridgehead atoms. The number of amides is 1. The first-order chi connectivity index (χ1) is 16.0. The van der Waals surface area contributed by atoms with Gasteiger partial charge in [-0.3, -0.25) is 4.79 Å². The lowest BCUT2D eigenvalue weighted by Crippen LogP contribution is -2.49. The molecule has 2 saturated heterocycles. The van der Waals surface area contributed by atoms with E-state index in [0.717, 1.165) is 18.7 Å². The first kappa shape index (κ1) is 21.5. The monoisotopic (exact) mass is 468 g/mol. The van der Waals surface area contributed by atoms with Crippen LogP contribution in [0.15, 0.2) is 53.9 Å². The number of aromatic nitrogens is 5. The minimum absolute atomic E-state index is 0.104. The summed E-state index contributed by atoms with van der Waals surface area (Å²) in [6.45, 7) is 3.45. The highest BCUT2D eigenvalue weighted by atomic mass is 32.2. The zero-order valence-corrected chi connectivity index (χ0v) is 18.8. The lowest BCUT2D eigenvalue weighted by Gasteiger charge is -2.35. The van der Waals surface area contributed by atoms with Crippen LogP contribution in [0.1, 0.15) is 23.2 Å². The van der Waals surface area contributed by atoms with Crippen molar-refractivity contribution < 1.29 is 13.2 Å². The van der Waals surface area contributed by atoms with Crippen LogP contribution in [0.25, 0.3) is 5.82 Å². The Balaban J connectivity index is 1.20. The van der Waals surface area contributed by atoms with Gasteiger partial charge in [-0.25, -0.2) is 18.1 Å². The third-order valence-electron chi connectivity index (χ3n) is 5.98. The van der Waals surface area contributed by atoms with Gasteiger partial charge in [-0.15, -0.1) is 10.2 Å². The number of anilines is 1. The lowest BCUT2D eigenvalue weighted by atomic mass is 10.2. The summed E-state index contributed by atoms with van der Waals surface area (Å²) < 4.78 is 28.4. The molecule has 0 spiro atoms. The van der Waals surface area contributed by atoms with Crippen molar-refractivity contribution >= 4 is 21.7 Å². The van der Waals surface area contributed by atoms with Gasteiger partial charge >= 0.3 is 0 Å². The fraction of sp³-hybridized carbons (Fsp3) is 0.381. The van der Waals surface area contributed by atoms with E-state index < -0.39 is 10.0 Å². The molecule has 0 atom stereocenters. The van der Waals surface area contributed by atoms with Crippen LogP contribution < -0.4 is 4.90 Å². The van der Waals surface area contributed by atoms with E-state index in [1.807, 2.05) is 12.1 Å². The molecule has 2 aromatic heterocycles. The maximum Gasteiger partial charge on any atom is 0.253 e. The summed E-state index contributed by atoms with van der Waals surface area (Å²) in [5.41, 5.74) is 0.487. The number of sulfonamides is 1. The van der Waals surface area contributed by atoms with E-state index in [2.05, 4.69) is 25.2 Å². The molecule has 11 nitrogen and oxygen atoms in total. The second kappa shape index (κ2) is 8.87. The van der Waals surface area contributed by atoms with Gasteiger partial charge in [0, 0.05) is 44.8 Å². The first-order valence-corrected chi connectivity index (χ1v) is 12.3. The summed E-state index contributed by atoms with van der Waals surface area (Å²) >= 11 is 0. The molecular weight excluding hydrogens is 444 g/mol. The molecule has 12 heteroatoms. The summed E-state index contributed by atoms with van der Waals surface area (Å²) in [6.07, 6.45) is 4.77. The smallest absolute Gasteiger partial charge is 0.253 e. The topological polar surface area (TPSA) is 117 Å². The number of hydrogen-bond acceptors (Lipinski definition) is 8. The molecule has 0 radical (unpaired) electrons. The fourth-order valence-corrected chi connectivity index (χ4v) is 5.62. The van der Waals surface area contributed by atoms with Crippen molar-refractivity contribution in [2.45, 2.75) is 17.7 Å². The largest absolute Gasteiger partial charge is 0.352 e.